The molecular formula is C12H22N2O. The van der Waals surface area contributed by atoms with Crippen molar-refractivity contribution in [2.24, 2.45) is 5.92 Å². The normalized spacial score (nSPS) is 30.7. The largest absolute Gasteiger partial charge is 0.306 e. The quantitative estimate of drug-likeness (QED) is 0.679. The maximum atomic E-state index is 11.1. The summed E-state index contributed by atoms with van der Waals surface area (Å²) in [6.45, 7) is 5.70. The first kappa shape index (κ1) is 11.1. The molecule has 2 saturated heterocycles. The molecule has 2 aliphatic heterocycles. The lowest BCUT2D eigenvalue weighted by Crippen LogP contribution is -2.42. The van der Waals surface area contributed by atoms with Crippen LogP contribution in [0.15, 0.2) is 0 Å². The highest BCUT2D eigenvalue weighted by molar-refractivity contribution is 5.79. The number of hydrogen-bond acceptors (Lipinski definition) is 3. The van der Waals surface area contributed by atoms with Crippen LogP contribution in [-0.4, -0.2) is 55.4 Å². The Kier molecular flexibility index (Phi) is 3.76. The van der Waals surface area contributed by atoms with Crippen LogP contribution in [0.5, 0.6) is 0 Å². The van der Waals surface area contributed by atoms with Crippen LogP contribution in [0.25, 0.3) is 0 Å². The molecule has 2 aliphatic rings. The minimum Gasteiger partial charge on any atom is -0.306 e. The molecule has 1 atom stereocenters. The zero-order valence-electron chi connectivity index (χ0n) is 9.74. The number of rotatable bonds is 2. The third-order valence-electron chi connectivity index (χ3n) is 3.65. The first-order chi connectivity index (χ1) is 7.24. The van der Waals surface area contributed by atoms with Gasteiger partial charge in [0.15, 0.2) is 0 Å². The molecule has 2 rings (SSSR count). The molecule has 0 saturated carbocycles. The first-order valence-electron chi connectivity index (χ1n) is 6.16. The predicted molar refractivity (Wildman–Crippen MR) is 60.9 cm³/mol. The van der Waals surface area contributed by atoms with Crippen LogP contribution in [-0.2, 0) is 4.79 Å². The molecule has 0 bridgehead atoms. The Hall–Kier alpha value is -0.410. The molecule has 0 spiro atoms. The van der Waals surface area contributed by atoms with Gasteiger partial charge in [0.05, 0.1) is 0 Å². The van der Waals surface area contributed by atoms with E-state index in [2.05, 4.69) is 16.8 Å². The summed E-state index contributed by atoms with van der Waals surface area (Å²) in [5.41, 5.74) is 0. The zero-order valence-corrected chi connectivity index (χ0v) is 9.74. The van der Waals surface area contributed by atoms with Gasteiger partial charge in [-0.2, -0.15) is 0 Å². The second-order valence-electron chi connectivity index (χ2n) is 5.11. The summed E-state index contributed by atoms with van der Waals surface area (Å²) in [5, 5.41) is 0. The highest BCUT2D eigenvalue weighted by Gasteiger charge is 2.22. The zero-order chi connectivity index (χ0) is 10.7. The average Bonchev–Trinajstić information content (AvgIpc) is 2.22. The van der Waals surface area contributed by atoms with Gasteiger partial charge in [0.2, 0.25) is 0 Å². The predicted octanol–water partition coefficient (Wildman–Crippen LogP) is 0.993. The van der Waals surface area contributed by atoms with Gasteiger partial charge in [-0.3, -0.25) is 4.79 Å². The van der Waals surface area contributed by atoms with Gasteiger partial charge >= 0.3 is 0 Å². The van der Waals surface area contributed by atoms with E-state index in [0.29, 0.717) is 5.78 Å². The minimum absolute atomic E-state index is 0.451. The minimum atomic E-state index is 0.451. The summed E-state index contributed by atoms with van der Waals surface area (Å²) >= 11 is 0. The second kappa shape index (κ2) is 5.08. The SMILES string of the molecule is CN1CCCC(CN2CCC(=O)CC2)C1. The van der Waals surface area contributed by atoms with Crippen molar-refractivity contribution in [2.45, 2.75) is 25.7 Å². The Morgan fingerprint density at radius 2 is 2.00 bits per heavy atom. The van der Waals surface area contributed by atoms with Gasteiger partial charge in [0, 0.05) is 39.0 Å². The second-order valence-corrected chi connectivity index (χ2v) is 5.11. The van der Waals surface area contributed by atoms with E-state index in [9.17, 15) is 4.79 Å². The fourth-order valence-electron chi connectivity index (χ4n) is 2.77. The van der Waals surface area contributed by atoms with E-state index in [1.807, 2.05) is 0 Å². The number of carbonyl (C=O) groups excluding carboxylic acids is 1. The number of Topliss-reactive ketones (excluding diaryl/α,β-unsaturated/α-hetero) is 1. The van der Waals surface area contributed by atoms with E-state index < -0.39 is 0 Å². The molecule has 3 heteroatoms. The van der Waals surface area contributed by atoms with Crippen LogP contribution >= 0.6 is 0 Å². The van der Waals surface area contributed by atoms with Gasteiger partial charge in [0.1, 0.15) is 5.78 Å². The fourth-order valence-corrected chi connectivity index (χ4v) is 2.77. The molecule has 2 fully saturated rings. The van der Waals surface area contributed by atoms with Gasteiger partial charge in [-0.25, -0.2) is 0 Å². The molecule has 0 N–H and O–H groups in total. The Labute approximate surface area is 92.4 Å². The van der Waals surface area contributed by atoms with Crippen LogP contribution in [0, 0.1) is 5.92 Å². The van der Waals surface area contributed by atoms with E-state index in [1.165, 1.54) is 32.5 Å². The van der Waals surface area contributed by atoms with Crippen LogP contribution in [0.2, 0.25) is 0 Å². The molecule has 0 aromatic heterocycles. The molecular weight excluding hydrogens is 188 g/mol. The van der Waals surface area contributed by atoms with Crippen molar-refractivity contribution < 1.29 is 4.79 Å². The van der Waals surface area contributed by atoms with Gasteiger partial charge in [-0.1, -0.05) is 0 Å². The molecule has 3 nitrogen and oxygen atoms in total. The monoisotopic (exact) mass is 210 g/mol. The summed E-state index contributed by atoms with van der Waals surface area (Å²) in [6, 6.07) is 0. The lowest BCUT2D eigenvalue weighted by molar-refractivity contribution is -0.121. The molecule has 1 unspecified atom stereocenters. The number of hydrogen-bond donors (Lipinski definition) is 0. The van der Waals surface area contributed by atoms with Gasteiger partial charge in [0.25, 0.3) is 0 Å². The standard InChI is InChI=1S/C12H22N2O/c1-13-6-2-3-11(9-13)10-14-7-4-12(15)5-8-14/h11H,2-10H2,1H3. The van der Waals surface area contributed by atoms with Crippen molar-refractivity contribution in [3.8, 4) is 0 Å². The lowest BCUT2D eigenvalue weighted by atomic mass is 9.97. The number of nitrogens with zero attached hydrogens (tertiary/aromatic N) is 2. The van der Waals surface area contributed by atoms with Crippen LogP contribution in [0.3, 0.4) is 0 Å². The third-order valence-corrected chi connectivity index (χ3v) is 3.65. The summed E-state index contributed by atoms with van der Waals surface area (Å²) < 4.78 is 0. The summed E-state index contributed by atoms with van der Waals surface area (Å²) in [5.74, 6) is 1.28. The van der Waals surface area contributed by atoms with Crippen molar-refractivity contribution in [3.05, 3.63) is 0 Å². The maximum absolute atomic E-state index is 11.1. The third kappa shape index (κ3) is 3.28. The highest BCUT2D eigenvalue weighted by atomic mass is 16.1. The van der Waals surface area contributed by atoms with Gasteiger partial charge in [-0.15, -0.1) is 0 Å². The molecule has 0 amide bonds. The van der Waals surface area contributed by atoms with E-state index in [1.54, 1.807) is 0 Å². The van der Waals surface area contributed by atoms with E-state index in [0.717, 1.165) is 31.8 Å². The Bertz CT molecular complexity index is 220. The number of carbonyl (C=O) groups is 1. The van der Waals surface area contributed by atoms with Crippen molar-refractivity contribution >= 4 is 5.78 Å². The number of likely N-dealkylation sites (tertiary alicyclic amines) is 2. The van der Waals surface area contributed by atoms with E-state index >= 15 is 0 Å². The highest BCUT2D eigenvalue weighted by Crippen LogP contribution is 2.17. The fraction of sp³-hybridized carbons (Fsp3) is 0.917. The summed E-state index contributed by atoms with van der Waals surface area (Å²) in [6.07, 6.45) is 4.27. The van der Waals surface area contributed by atoms with E-state index in [4.69, 9.17) is 0 Å². The van der Waals surface area contributed by atoms with Gasteiger partial charge in [-0.05, 0) is 32.4 Å². The van der Waals surface area contributed by atoms with Crippen molar-refractivity contribution in [2.75, 3.05) is 39.8 Å². The van der Waals surface area contributed by atoms with Crippen molar-refractivity contribution in [3.63, 3.8) is 0 Å². The smallest absolute Gasteiger partial charge is 0.135 e. The van der Waals surface area contributed by atoms with Crippen molar-refractivity contribution in [1.29, 1.82) is 0 Å². The van der Waals surface area contributed by atoms with Crippen LogP contribution in [0.4, 0.5) is 0 Å². The molecule has 86 valence electrons. The first-order valence-corrected chi connectivity index (χ1v) is 6.16. The Morgan fingerprint density at radius 1 is 1.27 bits per heavy atom. The topological polar surface area (TPSA) is 23.6 Å². The molecule has 0 aromatic carbocycles. The lowest BCUT2D eigenvalue weighted by Gasteiger charge is -2.35. The number of ketones is 1. The molecule has 0 aromatic rings. The molecule has 2 heterocycles. The Morgan fingerprint density at radius 3 is 2.67 bits per heavy atom. The van der Waals surface area contributed by atoms with Crippen LogP contribution < -0.4 is 0 Å². The van der Waals surface area contributed by atoms with E-state index in [-0.39, 0.29) is 0 Å². The molecule has 15 heavy (non-hydrogen) atoms. The van der Waals surface area contributed by atoms with Gasteiger partial charge < -0.3 is 9.80 Å². The Balaban J connectivity index is 1.74. The number of piperidine rings is 2. The van der Waals surface area contributed by atoms with Crippen molar-refractivity contribution in [1.82, 2.24) is 9.80 Å². The maximum Gasteiger partial charge on any atom is 0.135 e. The van der Waals surface area contributed by atoms with Crippen LogP contribution in [0.1, 0.15) is 25.7 Å². The summed E-state index contributed by atoms with van der Waals surface area (Å²) in [7, 11) is 2.21. The average molecular weight is 210 g/mol. The molecule has 0 aliphatic carbocycles. The summed E-state index contributed by atoms with van der Waals surface area (Å²) in [4.78, 5) is 16.0. The molecule has 0 radical (unpaired) electrons.